The van der Waals surface area contributed by atoms with Gasteiger partial charge in [0.15, 0.2) is 5.12 Å². The van der Waals surface area contributed by atoms with E-state index in [1.54, 1.807) is 0 Å². The number of rotatable bonds is 3. The van der Waals surface area contributed by atoms with E-state index >= 15 is 0 Å². The molecule has 1 N–H and O–H groups in total. The molecule has 0 bridgehead atoms. The average molecular weight is 279 g/mol. The van der Waals surface area contributed by atoms with Gasteiger partial charge in [-0.2, -0.15) is 0 Å². The molecule has 0 aromatic heterocycles. The summed E-state index contributed by atoms with van der Waals surface area (Å²) in [6.45, 7) is 1.40. The summed E-state index contributed by atoms with van der Waals surface area (Å²) in [5.74, 6) is 4.16. The van der Waals surface area contributed by atoms with Crippen LogP contribution in [0, 0.1) is 22.0 Å². The Morgan fingerprint density at radius 3 is 2.68 bits per heavy atom. The zero-order valence-corrected chi connectivity index (χ0v) is 10.7. The molecular weight excluding hydrogens is 270 g/mol. The highest BCUT2D eigenvalue weighted by Crippen LogP contribution is 2.19. The van der Waals surface area contributed by atoms with Crippen molar-refractivity contribution in [2.24, 2.45) is 0 Å². The van der Waals surface area contributed by atoms with Gasteiger partial charge in [0.1, 0.15) is 5.56 Å². The minimum absolute atomic E-state index is 0.0926. The van der Waals surface area contributed by atoms with Crippen molar-refractivity contribution in [3.63, 3.8) is 0 Å². The van der Waals surface area contributed by atoms with E-state index in [-0.39, 0.29) is 27.7 Å². The molecule has 0 heterocycles. The van der Waals surface area contributed by atoms with Crippen LogP contribution < -0.4 is 0 Å². The van der Waals surface area contributed by atoms with E-state index in [9.17, 15) is 19.7 Å². The molecule has 0 aliphatic carbocycles. The Labute approximate surface area is 113 Å². The number of nitrogens with zero attached hydrogens (tertiary/aromatic N) is 1. The lowest BCUT2D eigenvalue weighted by Crippen LogP contribution is -1.99. The molecule has 7 heteroatoms. The summed E-state index contributed by atoms with van der Waals surface area (Å²) in [6.07, 6.45) is 0. The zero-order valence-electron chi connectivity index (χ0n) is 9.87. The van der Waals surface area contributed by atoms with Gasteiger partial charge in [0.05, 0.1) is 16.2 Å². The van der Waals surface area contributed by atoms with Gasteiger partial charge in [-0.1, -0.05) is 23.6 Å². The molecule has 1 aromatic carbocycles. The minimum Gasteiger partial charge on any atom is -0.478 e. The Balaban J connectivity index is 3.03. The van der Waals surface area contributed by atoms with E-state index in [0.717, 1.165) is 17.8 Å². The van der Waals surface area contributed by atoms with Crippen molar-refractivity contribution < 1.29 is 19.6 Å². The fraction of sp³-hybridized carbons (Fsp3) is 0.167. The third-order valence-electron chi connectivity index (χ3n) is 2.01. The summed E-state index contributed by atoms with van der Waals surface area (Å²) in [5, 5.41) is 19.5. The molecule has 0 saturated heterocycles. The van der Waals surface area contributed by atoms with Crippen molar-refractivity contribution in [2.75, 3.05) is 5.75 Å². The van der Waals surface area contributed by atoms with E-state index < -0.39 is 10.9 Å². The second-order valence-corrected chi connectivity index (χ2v) is 4.53. The molecule has 0 saturated carbocycles. The van der Waals surface area contributed by atoms with E-state index in [4.69, 9.17) is 5.11 Å². The predicted molar refractivity (Wildman–Crippen MR) is 70.1 cm³/mol. The molecule has 1 aromatic rings. The lowest BCUT2D eigenvalue weighted by Gasteiger charge is -1.97. The zero-order chi connectivity index (χ0) is 14.4. The molecule has 0 spiro atoms. The van der Waals surface area contributed by atoms with Crippen LogP contribution in [0.1, 0.15) is 22.8 Å². The Morgan fingerprint density at radius 1 is 1.47 bits per heavy atom. The van der Waals surface area contributed by atoms with Gasteiger partial charge in [0.25, 0.3) is 5.69 Å². The molecule has 6 nitrogen and oxygen atoms in total. The molecule has 1 rings (SSSR count). The Kier molecular flexibility index (Phi) is 5.09. The number of carboxylic acid groups (broad SMARTS) is 1. The fourth-order valence-electron chi connectivity index (χ4n) is 1.19. The van der Waals surface area contributed by atoms with Gasteiger partial charge < -0.3 is 5.11 Å². The first-order valence-electron chi connectivity index (χ1n) is 5.05. The molecule has 0 amide bonds. The van der Waals surface area contributed by atoms with E-state index in [1.807, 2.05) is 0 Å². The van der Waals surface area contributed by atoms with E-state index in [1.165, 1.54) is 19.1 Å². The SMILES string of the molecule is CC(=O)SCC#Cc1ccc(C(=O)O)cc1[N+](=O)[O-]. The molecule has 0 unspecified atom stereocenters. The number of nitro groups is 1. The molecule has 0 atom stereocenters. The number of aromatic carboxylic acids is 1. The smallest absolute Gasteiger partial charge is 0.335 e. The molecular formula is C12H9NO5S. The normalized spacial score (nSPS) is 9.32. The maximum Gasteiger partial charge on any atom is 0.335 e. The summed E-state index contributed by atoms with van der Waals surface area (Å²) >= 11 is 0.996. The van der Waals surface area contributed by atoms with Gasteiger partial charge in [-0.3, -0.25) is 14.9 Å². The van der Waals surface area contributed by atoms with Crippen LogP contribution in [0.4, 0.5) is 5.69 Å². The maximum absolute atomic E-state index is 10.8. The molecule has 19 heavy (non-hydrogen) atoms. The number of carbonyl (C=O) groups excluding carboxylic acids is 1. The third kappa shape index (κ3) is 4.44. The Morgan fingerprint density at radius 2 is 2.16 bits per heavy atom. The summed E-state index contributed by atoms with van der Waals surface area (Å²) in [6, 6.07) is 3.49. The number of carboxylic acids is 1. The van der Waals surface area contributed by atoms with Crippen LogP contribution in [0.5, 0.6) is 0 Å². The van der Waals surface area contributed by atoms with Gasteiger partial charge in [0.2, 0.25) is 0 Å². The van der Waals surface area contributed by atoms with Gasteiger partial charge in [-0.25, -0.2) is 4.79 Å². The number of carbonyl (C=O) groups is 2. The molecule has 0 aliphatic heterocycles. The molecule has 0 aliphatic rings. The molecule has 98 valence electrons. The second-order valence-electron chi connectivity index (χ2n) is 3.38. The highest BCUT2D eigenvalue weighted by Gasteiger charge is 2.15. The predicted octanol–water partition coefficient (Wildman–Crippen LogP) is 1.92. The first kappa shape index (κ1) is 14.7. The van der Waals surface area contributed by atoms with Crippen molar-refractivity contribution in [2.45, 2.75) is 6.92 Å². The average Bonchev–Trinajstić information content (AvgIpc) is 2.34. The lowest BCUT2D eigenvalue weighted by molar-refractivity contribution is -0.385. The molecule has 0 radical (unpaired) electrons. The minimum atomic E-state index is -1.24. The van der Waals surface area contributed by atoms with Crippen LogP contribution in [-0.4, -0.2) is 26.9 Å². The standard InChI is InChI=1S/C12H9NO5S/c1-8(14)19-6-2-3-9-4-5-10(12(15)16)7-11(9)13(17)18/h4-5,7H,6H2,1H3,(H,15,16). The van der Waals surface area contributed by atoms with Gasteiger partial charge >= 0.3 is 5.97 Å². The van der Waals surface area contributed by atoms with E-state index in [2.05, 4.69) is 11.8 Å². The fourth-order valence-corrected chi connectivity index (χ4v) is 1.54. The van der Waals surface area contributed by atoms with Gasteiger partial charge in [-0.05, 0) is 12.1 Å². The van der Waals surface area contributed by atoms with Crippen LogP contribution in [0.3, 0.4) is 0 Å². The monoisotopic (exact) mass is 279 g/mol. The number of benzene rings is 1. The summed E-state index contributed by atoms with van der Waals surface area (Å²) in [5.41, 5.74) is -0.408. The van der Waals surface area contributed by atoms with Crippen LogP contribution in [0.15, 0.2) is 18.2 Å². The first-order chi connectivity index (χ1) is 8.91. The van der Waals surface area contributed by atoms with Crippen LogP contribution in [0.25, 0.3) is 0 Å². The van der Waals surface area contributed by atoms with E-state index in [0.29, 0.717) is 0 Å². The van der Waals surface area contributed by atoms with Crippen LogP contribution in [0.2, 0.25) is 0 Å². The number of thioether (sulfide) groups is 1. The van der Waals surface area contributed by atoms with Crippen LogP contribution in [-0.2, 0) is 4.79 Å². The molecule has 0 fully saturated rings. The number of hydrogen-bond acceptors (Lipinski definition) is 5. The first-order valence-corrected chi connectivity index (χ1v) is 6.04. The summed E-state index contributed by atoms with van der Waals surface area (Å²) in [4.78, 5) is 31.5. The third-order valence-corrected chi connectivity index (χ3v) is 2.71. The highest BCUT2D eigenvalue weighted by molar-refractivity contribution is 8.13. The van der Waals surface area contributed by atoms with Crippen molar-refractivity contribution in [3.05, 3.63) is 39.4 Å². The van der Waals surface area contributed by atoms with Crippen molar-refractivity contribution in [1.82, 2.24) is 0 Å². The van der Waals surface area contributed by atoms with Crippen molar-refractivity contribution in [1.29, 1.82) is 0 Å². The largest absolute Gasteiger partial charge is 0.478 e. The highest BCUT2D eigenvalue weighted by atomic mass is 32.2. The van der Waals surface area contributed by atoms with Crippen molar-refractivity contribution >= 4 is 28.5 Å². The van der Waals surface area contributed by atoms with Crippen molar-refractivity contribution in [3.8, 4) is 11.8 Å². The Hall–Kier alpha value is -2.33. The van der Waals surface area contributed by atoms with Gasteiger partial charge in [0, 0.05) is 13.0 Å². The number of nitro benzene ring substituents is 1. The lowest BCUT2D eigenvalue weighted by atomic mass is 10.1. The number of hydrogen-bond donors (Lipinski definition) is 1. The maximum atomic E-state index is 10.8. The Bertz CT molecular complexity index is 600. The van der Waals surface area contributed by atoms with Gasteiger partial charge in [-0.15, -0.1) is 0 Å². The summed E-state index contributed by atoms with van der Waals surface area (Å²) < 4.78 is 0. The van der Waals surface area contributed by atoms with Crippen LogP contribution >= 0.6 is 11.8 Å². The quantitative estimate of drug-likeness (QED) is 0.515. The topological polar surface area (TPSA) is 97.5 Å². The second kappa shape index (κ2) is 6.56. The summed E-state index contributed by atoms with van der Waals surface area (Å²) in [7, 11) is 0.